The van der Waals surface area contributed by atoms with E-state index >= 15 is 0 Å². The highest BCUT2D eigenvalue weighted by Crippen LogP contribution is 2.06. The monoisotopic (exact) mass is 233 g/mol. The Hall–Kier alpha value is 0.270. The standard InChI is InChI=1S/C12H27NOS/c1-11(2)5-6-12(3)13-7-9-15-10-8-14-4/h11-13H,5-10H2,1-4H3. The number of ether oxygens (including phenoxy) is 1. The van der Waals surface area contributed by atoms with E-state index in [0.717, 1.165) is 24.8 Å². The van der Waals surface area contributed by atoms with E-state index in [2.05, 4.69) is 26.1 Å². The van der Waals surface area contributed by atoms with Crippen LogP contribution in [-0.4, -0.2) is 37.8 Å². The van der Waals surface area contributed by atoms with Gasteiger partial charge in [-0.05, 0) is 25.7 Å². The molecule has 0 aromatic rings. The molecule has 0 aliphatic rings. The molecule has 0 aromatic carbocycles. The molecular weight excluding hydrogens is 206 g/mol. The minimum Gasteiger partial charge on any atom is -0.384 e. The van der Waals surface area contributed by atoms with Crippen LogP contribution in [-0.2, 0) is 4.74 Å². The molecule has 3 heteroatoms. The minimum absolute atomic E-state index is 0.662. The van der Waals surface area contributed by atoms with E-state index in [1.807, 2.05) is 11.8 Å². The smallest absolute Gasteiger partial charge is 0.0552 e. The fourth-order valence-corrected chi connectivity index (χ4v) is 2.06. The van der Waals surface area contributed by atoms with Crippen LogP contribution in [0.5, 0.6) is 0 Å². The van der Waals surface area contributed by atoms with Crippen LogP contribution in [0.25, 0.3) is 0 Å². The molecule has 0 saturated carbocycles. The molecule has 92 valence electrons. The van der Waals surface area contributed by atoms with Gasteiger partial charge in [-0.25, -0.2) is 0 Å². The Balaban J connectivity index is 3.13. The summed E-state index contributed by atoms with van der Waals surface area (Å²) in [6, 6.07) is 0.662. The third-order valence-electron chi connectivity index (χ3n) is 2.35. The Morgan fingerprint density at radius 2 is 1.87 bits per heavy atom. The van der Waals surface area contributed by atoms with Crippen molar-refractivity contribution in [2.75, 3.05) is 31.8 Å². The first kappa shape index (κ1) is 15.3. The molecule has 0 heterocycles. The van der Waals surface area contributed by atoms with E-state index in [1.54, 1.807) is 7.11 Å². The Bertz CT molecular complexity index is 131. The molecule has 0 saturated heterocycles. The van der Waals surface area contributed by atoms with Gasteiger partial charge in [0.2, 0.25) is 0 Å². The number of hydrogen-bond donors (Lipinski definition) is 1. The molecule has 0 aliphatic heterocycles. The van der Waals surface area contributed by atoms with Gasteiger partial charge in [-0.1, -0.05) is 13.8 Å². The van der Waals surface area contributed by atoms with E-state index < -0.39 is 0 Å². The highest BCUT2D eigenvalue weighted by Gasteiger charge is 2.02. The van der Waals surface area contributed by atoms with Crippen molar-refractivity contribution in [1.82, 2.24) is 5.32 Å². The van der Waals surface area contributed by atoms with Crippen LogP contribution < -0.4 is 5.32 Å². The summed E-state index contributed by atoms with van der Waals surface area (Å²) in [6.45, 7) is 8.84. The summed E-state index contributed by atoms with van der Waals surface area (Å²) in [7, 11) is 1.76. The Morgan fingerprint density at radius 1 is 1.13 bits per heavy atom. The highest BCUT2D eigenvalue weighted by molar-refractivity contribution is 7.99. The molecule has 0 rings (SSSR count). The molecule has 1 unspecified atom stereocenters. The third-order valence-corrected chi connectivity index (χ3v) is 3.30. The quantitative estimate of drug-likeness (QED) is 0.586. The number of thioether (sulfide) groups is 1. The third kappa shape index (κ3) is 12.2. The van der Waals surface area contributed by atoms with Crippen molar-refractivity contribution in [3.63, 3.8) is 0 Å². The zero-order valence-corrected chi connectivity index (χ0v) is 11.5. The van der Waals surface area contributed by atoms with Gasteiger partial charge in [0.1, 0.15) is 0 Å². The van der Waals surface area contributed by atoms with E-state index in [9.17, 15) is 0 Å². The van der Waals surface area contributed by atoms with Crippen LogP contribution in [0.4, 0.5) is 0 Å². The molecule has 0 aliphatic carbocycles. The lowest BCUT2D eigenvalue weighted by Gasteiger charge is -2.14. The molecule has 0 fully saturated rings. The fraction of sp³-hybridized carbons (Fsp3) is 1.00. The topological polar surface area (TPSA) is 21.3 Å². The van der Waals surface area contributed by atoms with Crippen LogP contribution in [0.15, 0.2) is 0 Å². The van der Waals surface area contributed by atoms with Crippen molar-refractivity contribution in [3.8, 4) is 0 Å². The minimum atomic E-state index is 0.662. The van der Waals surface area contributed by atoms with Gasteiger partial charge in [-0.2, -0.15) is 11.8 Å². The van der Waals surface area contributed by atoms with Crippen LogP contribution in [0.2, 0.25) is 0 Å². The van der Waals surface area contributed by atoms with Gasteiger partial charge < -0.3 is 10.1 Å². The van der Waals surface area contributed by atoms with Gasteiger partial charge in [0.05, 0.1) is 6.61 Å². The first-order valence-corrected chi connectivity index (χ1v) is 7.12. The lowest BCUT2D eigenvalue weighted by molar-refractivity contribution is 0.218. The average Bonchev–Trinajstić information content (AvgIpc) is 2.20. The average molecular weight is 233 g/mol. The summed E-state index contributed by atoms with van der Waals surface area (Å²) >= 11 is 1.96. The number of nitrogens with one attached hydrogen (secondary N) is 1. The van der Waals surface area contributed by atoms with E-state index in [0.29, 0.717) is 6.04 Å². The maximum atomic E-state index is 4.99. The highest BCUT2D eigenvalue weighted by atomic mass is 32.2. The number of methoxy groups -OCH3 is 1. The largest absolute Gasteiger partial charge is 0.384 e. The van der Waals surface area contributed by atoms with Gasteiger partial charge in [-0.3, -0.25) is 0 Å². The molecule has 0 radical (unpaired) electrons. The van der Waals surface area contributed by atoms with E-state index in [-0.39, 0.29) is 0 Å². The SMILES string of the molecule is COCCSCCNC(C)CCC(C)C. The zero-order valence-electron chi connectivity index (χ0n) is 10.7. The second-order valence-corrected chi connectivity index (χ2v) is 5.66. The Labute approximate surface area is 99.5 Å². The summed E-state index contributed by atoms with van der Waals surface area (Å²) in [5.74, 6) is 3.12. The number of hydrogen-bond acceptors (Lipinski definition) is 3. The van der Waals surface area contributed by atoms with Crippen LogP contribution >= 0.6 is 11.8 Å². The van der Waals surface area contributed by atoms with Crippen molar-refractivity contribution in [2.45, 2.75) is 39.7 Å². The predicted molar refractivity (Wildman–Crippen MR) is 70.7 cm³/mol. The molecule has 15 heavy (non-hydrogen) atoms. The van der Waals surface area contributed by atoms with Crippen LogP contribution in [0.1, 0.15) is 33.6 Å². The normalized spacial score (nSPS) is 13.4. The molecule has 0 aromatic heterocycles. The summed E-state index contributed by atoms with van der Waals surface area (Å²) in [5.41, 5.74) is 0. The predicted octanol–water partition coefficient (Wildman–Crippen LogP) is 2.78. The summed E-state index contributed by atoms with van der Waals surface area (Å²) in [6.07, 6.45) is 2.62. The molecule has 1 N–H and O–H groups in total. The Kier molecular flexibility index (Phi) is 11.0. The van der Waals surface area contributed by atoms with E-state index in [4.69, 9.17) is 4.74 Å². The van der Waals surface area contributed by atoms with Gasteiger partial charge in [0.25, 0.3) is 0 Å². The molecule has 2 nitrogen and oxygen atoms in total. The Morgan fingerprint density at radius 3 is 2.47 bits per heavy atom. The van der Waals surface area contributed by atoms with E-state index in [1.165, 1.54) is 18.6 Å². The van der Waals surface area contributed by atoms with Gasteiger partial charge in [-0.15, -0.1) is 0 Å². The summed E-state index contributed by atoms with van der Waals surface area (Å²) in [5, 5.41) is 3.55. The molecule has 1 atom stereocenters. The lowest BCUT2D eigenvalue weighted by Crippen LogP contribution is -2.28. The van der Waals surface area contributed by atoms with Gasteiger partial charge in [0, 0.05) is 31.2 Å². The van der Waals surface area contributed by atoms with Crippen molar-refractivity contribution in [2.24, 2.45) is 5.92 Å². The van der Waals surface area contributed by atoms with Crippen LogP contribution in [0.3, 0.4) is 0 Å². The van der Waals surface area contributed by atoms with Crippen molar-refractivity contribution in [3.05, 3.63) is 0 Å². The first-order chi connectivity index (χ1) is 7.16. The van der Waals surface area contributed by atoms with Gasteiger partial charge in [0.15, 0.2) is 0 Å². The summed E-state index contributed by atoms with van der Waals surface area (Å²) < 4.78 is 4.99. The summed E-state index contributed by atoms with van der Waals surface area (Å²) in [4.78, 5) is 0. The zero-order chi connectivity index (χ0) is 11.5. The van der Waals surface area contributed by atoms with Gasteiger partial charge >= 0.3 is 0 Å². The molecule has 0 amide bonds. The lowest BCUT2D eigenvalue weighted by atomic mass is 10.0. The fourth-order valence-electron chi connectivity index (χ4n) is 1.31. The second kappa shape index (κ2) is 10.8. The maximum absolute atomic E-state index is 4.99. The molecule has 0 spiro atoms. The van der Waals surface area contributed by atoms with Crippen molar-refractivity contribution in [1.29, 1.82) is 0 Å². The second-order valence-electron chi connectivity index (χ2n) is 4.43. The van der Waals surface area contributed by atoms with Crippen molar-refractivity contribution < 1.29 is 4.74 Å². The first-order valence-electron chi connectivity index (χ1n) is 5.97. The maximum Gasteiger partial charge on any atom is 0.0552 e. The molecule has 0 bridgehead atoms. The molecular formula is C12H27NOS. The van der Waals surface area contributed by atoms with Crippen LogP contribution in [0, 0.1) is 5.92 Å². The number of rotatable bonds is 10. The van der Waals surface area contributed by atoms with Crippen molar-refractivity contribution >= 4 is 11.8 Å².